The maximum absolute atomic E-state index is 5.79. The maximum atomic E-state index is 5.79. The number of hydrogen-bond donors (Lipinski definition) is 1. The second-order valence-electron chi connectivity index (χ2n) is 5.15. The van der Waals surface area contributed by atoms with Gasteiger partial charge >= 0.3 is 0 Å². The predicted octanol–water partition coefficient (Wildman–Crippen LogP) is 3.11. The molecule has 4 heteroatoms. The van der Waals surface area contributed by atoms with Gasteiger partial charge in [0.2, 0.25) is 0 Å². The fourth-order valence-corrected chi connectivity index (χ4v) is 2.69. The number of anilines is 1. The average molecular weight is 298 g/mol. The Morgan fingerprint density at radius 3 is 2.67 bits per heavy atom. The average Bonchev–Trinajstić information content (AvgIpc) is 2.71. The lowest BCUT2D eigenvalue weighted by Gasteiger charge is -2.24. The molecule has 0 unspecified atom stereocenters. The Labute approximate surface area is 130 Å². The molecule has 3 nitrogen and oxygen atoms in total. The summed E-state index contributed by atoms with van der Waals surface area (Å²) in [5.41, 5.74) is 8.95. The minimum atomic E-state index is 0.440. The molecule has 2 aromatic carbocycles. The molecule has 1 heterocycles. The highest BCUT2D eigenvalue weighted by Gasteiger charge is 2.15. The molecule has 21 heavy (non-hydrogen) atoms. The number of ether oxygens (including phenoxy) is 1. The van der Waals surface area contributed by atoms with Gasteiger partial charge in [0.1, 0.15) is 10.7 Å². The maximum Gasteiger partial charge on any atom is 0.142 e. The van der Waals surface area contributed by atoms with Crippen LogP contribution in [0.1, 0.15) is 17.5 Å². The van der Waals surface area contributed by atoms with Crippen LogP contribution in [-0.2, 0) is 6.54 Å². The molecule has 0 fully saturated rings. The topological polar surface area (TPSA) is 38.5 Å². The Morgan fingerprint density at radius 1 is 1.14 bits per heavy atom. The molecule has 0 radical (unpaired) electrons. The third-order valence-corrected chi connectivity index (χ3v) is 3.88. The van der Waals surface area contributed by atoms with Crippen molar-refractivity contribution in [1.29, 1.82) is 0 Å². The zero-order chi connectivity index (χ0) is 14.7. The summed E-state index contributed by atoms with van der Waals surface area (Å²) in [7, 11) is 0. The Balaban J connectivity index is 1.82. The number of hydrogen-bond acceptors (Lipinski definition) is 3. The van der Waals surface area contributed by atoms with E-state index in [0.29, 0.717) is 4.99 Å². The van der Waals surface area contributed by atoms with Crippen molar-refractivity contribution in [3.63, 3.8) is 0 Å². The first-order valence-corrected chi connectivity index (χ1v) is 7.50. The van der Waals surface area contributed by atoms with Crippen LogP contribution in [0.5, 0.6) is 5.75 Å². The van der Waals surface area contributed by atoms with Crippen molar-refractivity contribution in [2.45, 2.75) is 13.0 Å². The summed E-state index contributed by atoms with van der Waals surface area (Å²) in [5, 5.41) is 0. The standard InChI is InChI=1S/C17H18N2OS/c18-17(21)14-8-6-13(7-9-14)12-19-10-3-11-20-16-5-2-1-4-15(16)19/h1-2,4-9H,3,10-12H2,(H2,18,21). The van der Waals surface area contributed by atoms with Gasteiger partial charge in [-0.15, -0.1) is 0 Å². The fraction of sp³-hybridized carbons (Fsp3) is 0.235. The number of thiocarbonyl (C=S) groups is 1. The van der Waals surface area contributed by atoms with Crippen molar-refractivity contribution < 1.29 is 4.74 Å². The van der Waals surface area contributed by atoms with E-state index in [0.717, 1.165) is 43.1 Å². The Kier molecular flexibility index (Phi) is 4.06. The number of nitrogens with two attached hydrogens (primary N) is 1. The Hall–Kier alpha value is -2.07. The molecule has 0 atom stereocenters. The van der Waals surface area contributed by atoms with E-state index in [9.17, 15) is 0 Å². The first kappa shape index (κ1) is 13.9. The molecule has 1 aliphatic rings. The highest BCUT2D eigenvalue weighted by molar-refractivity contribution is 7.80. The SMILES string of the molecule is NC(=S)c1ccc(CN2CCCOc3ccccc32)cc1. The number of para-hydroxylation sites is 2. The molecular formula is C17H18N2OS. The van der Waals surface area contributed by atoms with Crippen molar-refractivity contribution in [2.24, 2.45) is 5.73 Å². The number of rotatable bonds is 3. The second kappa shape index (κ2) is 6.14. The molecule has 3 rings (SSSR count). The lowest BCUT2D eigenvalue weighted by molar-refractivity contribution is 0.322. The van der Waals surface area contributed by atoms with Crippen LogP contribution in [0.4, 0.5) is 5.69 Å². The van der Waals surface area contributed by atoms with Crippen LogP contribution in [-0.4, -0.2) is 18.1 Å². The third-order valence-electron chi connectivity index (χ3n) is 3.65. The van der Waals surface area contributed by atoms with Crippen molar-refractivity contribution in [1.82, 2.24) is 0 Å². The van der Waals surface area contributed by atoms with Crippen molar-refractivity contribution in [3.8, 4) is 5.75 Å². The summed E-state index contributed by atoms with van der Waals surface area (Å²) in [6.45, 7) is 2.62. The number of nitrogens with zero attached hydrogens (tertiary/aromatic N) is 1. The largest absolute Gasteiger partial charge is 0.491 e. The van der Waals surface area contributed by atoms with E-state index in [1.165, 1.54) is 5.56 Å². The van der Waals surface area contributed by atoms with Gasteiger partial charge < -0.3 is 15.4 Å². The second-order valence-corrected chi connectivity index (χ2v) is 5.59. The molecule has 0 amide bonds. The van der Waals surface area contributed by atoms with Gasteiger partial charge in [-0.2, -0.15) is 0 Å². The van der Waals surface area contributed by atoms with Crippen molar-refractivity contribution in [3.05, 3.63) is 59.7 Å². The minimum absolute atomic E-state index is 0.440. The first-order chi connectivity index (χ1) is 10.2. The summed E-state index contributed by atoms with van der Waals surface area (Å²) >= 11 is 4.99. The van der Waals surface area contributed by atoms with E-state index >= 15 is 0 Å². The van der Waals surface area contributed by atoms with Crippen LogP contribution in [0.2, 0.25) is 0 Å². The van der Waals surface area contributed by atoms with Crippen molar-refractivity contribution in [2.75, 3.05) is 18.1 Å². The van der Waals surface area contributed by atoms with Crippen LogP contribution >= 0.6 is 12.2 Å². The van der Waals surface area contributed by atoms with Gasteiger partial charge in [0.15, 0.2) is 0 Å². The van der Waals surface area contributed by atoms with Gasteiger partial charge in [0.25, 0.3) is 0 Å². The van der Waals surface area contributed by atoms with E-state index in [4.69, 9.17) is 22.7 Å². The van der Waals surface area contributed by atoms with E-state index in [2.05, 4.69) is 29.2 Å². The van der Waals surface area contributed by atoms with E-state index in [1.54, 1.807) is 0 Å². The monoisotopic (exact) mass is 298 g/mol. The zero-order valence-corrected chi connectivity index (χ0v) is 12.6. The van der Waals surface area contributed by atoms with E-state index in [-0.39, 0.29) is 0 Å². The molecule has 0 aliphatic carbocycles. The quantitative estimate of drug-likeness (QED) is 0.884. The van der Waals surface area contributed by atoms with Gasteiger partial charge in [-0.3, -0.25) is 0 Å². The van der Waals surface area contributed by atoms with Crippen LogP contribution in [0, 0.1) is 0 Å². The van der Waals surface area contributed by atoms with Crippen LogP contribution in [0.15, 0.2) is 48.5 Å². The molecule has 1 aliphatic heterocycles. The van der Waals surface area contributed by atoms with Crippen LogP contribution in [0.3, 0.4) is 0 Å². The van der Waals surface area contributed by atoms with Gasteiger partial charge in [-0.25, -0.2) is 0 Å². The molecule has 108 valence electrons. The summed E-state index contributed by atoms with van der Waals surface area (Å²) in [6.07, 6.45) is 1.03. The summed E-state index contributed by atoms with van der Waals surface area (Å²) in [5.74, 6) is 0.967. The van der Waals surface area contributed by atoms with Gasteiger partial charge in [-0.1, -0.05) is 48.6 Å². The van der Waals surface area contributed by atoms with E-state index < -0.39 is 0 Å². The molecule has 2 N–H and O–H groups in total. The molecule has 0 aromatic heterocycles. The molecule has 0 saturated heterocycles. The van der Waals surface area contributed by atoms with Crippen LogP contribution < -0.4 is 15.4 Å². The summed E-state index contributed by atoms with van der Waals surface area (Å²) in [6, 6.07) is 16.4. The molecule has 0 spiro atoms. The summed E-state index contributed by atoms with van der Waals surface area (Å²) < 4.78 is 5.79. The molecule has 0 bridgehead atoms. The third kappa shape index (κ3) is 3.16. The fourth-order valence-electron chi connectivity index (χ4n) is 2.56. The lowest BCUT2D eigenvalue weighted by atomic mass is 10.1. The Morgan fingerprint density at radius 2 is 1.90 bits per heavy atom. The number of fused-ring (bicyclic) bond motifs is 1. The number of benzene rings is 2. The van der Waals surface area contributed by atoms with Gasteiger partial charge in [0.05, 0.1) is 12.3 Å². The highest BCUT2D eigenvalue weighted by Crippen LogP contribution is 2.31. The van der Waals surface area contributed by atoms with Crippen LogP contribution in [0.25, 0.3) is 0 Å². The van der Waals surface area contributed by atoms with Gasteiger partial charge in [0, 0.05) is 18.7 Å². The Bertz CT molecular complexity index is 639. The predicted molar refractivity (Wildman–Crippen MR) is 89.9 cm³/mol. The molecule has 0 saturated carbocycles. The van der Waals surface area contributed by atoms with Gasteiger partial charge in [-0.05, 0) is 24.1 Å². The lowest BCUT2D eigenvalue weighted by Crippen LogP contribution is -2.23. The van der Waals surface area contributed by atoms with Crippen molar-refractivity contribution >= 4 is 22.9 Å². The normalized spacial score (nSPS) is 14.0. The smallest absolute Gasteiger partial charge is 0.142 e. The molecule has 2 aromatic rings. The summed E-state index contributed by atoms with van der Waals surface area (Å²) in [4.78, 5) is 2.80. The minimum Gasteiger partial charge on any atom is -0.491 e. The molecular weight excluding hydrogens is 280 g/mol. The first-order valence-electron chi connectivity index (χ1n) is 7.09. The zero-order valence-electron chi connectivity index (χ0n) is 11.8. The highest BCUT2D eigenvalue weighted by atomic mass is 32.1. The van der Waals surface area contributed by atoms with E-state index in [1.807, 2.05) is 24.3 Å².